The lowest BCUT2D eigenvalue weighted by atomic mass is 10.0. The molecule has 0 spiro atoms. The highest BCUT2D eigenvalue weighted by atomic mass is 15.2. The van der Waals surface area contributed by atoms with Crippen LogP contribution in [-0.4, -0.2) is 49.7 Å². The number of aromatic nitrogens is 1. The van der Waals surface area contributed by atoms with Crippen LogP contribution in [0.1, 0.15) is 25.5 Å². The first-order valence-corrected chi connectivity index (χ1v) is 7.28. The highest BCUT2D eigenvalue weighted by molar-refractivity contribution is 5.39. The van der Waals surface area contributed by atoms with Gasteiger partial charge < -0.3 is 15.1 Å². The summed E-state index contributed by atoms with van der Waals surface area (Å²) in [6.45, 7) is 6.33. The molecule has 1 aliphatic heterocycles. The predicted octanol–water partition coefficient (Wildman–Crippen LogP) is 1.72. The maximum absolute atomic E-state index is 4.75. The van der Waals surface area contributed by atoms with Crippen molar-refractivity contribution in [1.29, 1.82) is 0 Å². The SMILES string of the molecule is CCNCc1cccc(N(C)C2CCN(C)CC2)n1. The summed E-state index contributed by atoms with van der Waals surface area (Å²) in [6, 6.07) is 6.95. The number of nitrogens with one attached hydrogen (secondary N) is 1. The van der Waals surface area contributed by atoms with Gasteiger partial charge in [-0.05, 0) is 51.7 Å². The van der Waals surface area contributed by atoms with Crippen molar-refractivity contribution in [3.63, 3.8) is 0 Å². The molecular formula is C15H26N4. The number of rotatable bonds is 5. The van der Waals surface area contributed by atoms with Crippen molar-refractivity contribution < 1.29 is 0 Å². The molecule has 1 N–H and O–H groups in total. The van der Waals surface area contributed by atoms with Crippen molar-refractivity contribution >= 4 is 5.82 Å². The second-order valence-corrected chi connectivity index (χ2v) is 5.41. The van der Waals surface area contributed by atoms with Gasteiger partial charge in [0.25, 0.3) is 0 Å². The second kappa shape index (κ2) is 6.87. The zero-order valence-corrected chi connectivity index (χ0v) is 12.4. The lowest BCUT2D eigenvalue weighted by Gasteiger charge is -2.35. The van der Waals surface area contributed by atoms with Gasteiger partial charge in [0, 0.05) is 19.6 Å². The van der Waals surface area contributed by atoms with Crippen molar-refractivity contribution in [3.8, 4) is 0 Å². The fourth-order valence-corrected chi connectivity index (χ4v) is 2.58. The maximum Gasteiger partial charge on any atom is 0.128 e. The molecule has 2 heterocycles. The van der Waals surface area contributed by atoms with E-state index in [1.807, 2.05) is 0 Å². The first kappa shape index (κ1) is 14.3. The average Bonchev–Trinajstić information content (AvgIpc) is 2.45. The van der Waals surface area contributed by atoms with E-state index in [1.54, 1.807) is 0 Å². The smallest absolute Gasteiger partial charge is 0.128 e. The Morgan fingerprint density at radius 1 is 1.37 bits per heavy atom. The molecule has 1 aromatic heterocycles. The molecule has 106 valence electrons. The van der Waals surface area contributed by atoms with Crippen molar-refractivity contribution in [1.82, 2.24) is 15.2 Å². The van der Waals surface area contributed by atoms with Crippen LogP contribution in [0.25, 0.3) is 0 Å². The minimum atomic E-state index is 0.623. The molecule has 0 saturated carbocycles. The molecule has 19 heavy (non-hydrogen) atoms. The van der Waals surface area contributed by atoms with Crippen LogP contribution in [0.2, 0.25) is 0 Å². The Morgan fingerprint density at radius 3 is 2.79 bits per heavy atom. The number of likely N-dealkylation sites (tertiary alicyclic amines) is 1. The van der Waals surface area contributed by atoms with Crippen LogP contribution in [0.4, 0.5) is 5.82 Å². The fraction of sp³-hybridized carbons (Fsp3) is 0.667. The summed E-state index contributed by atoms with van der Waals surface area (Å²) < 4.78 is 0. The number of hydrogen-bond donors (Lipinski definition) is 1. The molecule has 4 nitrogen and oxygen atoms in total. The molecule has 1 saturated heterocycles. The molecule has 0 amide bonds. The minimum Gasteiger partial charge on any atom is -0.357 e. The van der Waals surface area contributed by atoms with Crippen LogP contribution in [0.15, 0.2) is 18.2 Å². The summed E-state index contributed by atoms with van der Waals surface area (Å²) in [5, 5.41) is 3.33. The summed E-state index contributed by atoms with van der Waals surface area (Å²) in [5.41, 5.74) is 1.12. The number of anilines is 1. The summed E-state index contributed by atoms with van der Waals surface area (Å²) in [7, 11) is 4.38. The zero-order valence-electron chi connectivity index (χ0n) is 12.4. The van der Waals surface area contributed by atoms with E-state index in [1.165, 1.54) is 25.9 Å². The van der Waals surface area contributed by atoms with Crippen molar-refractivity contribution in [3.05, 3.63) is 23.9 Å². The third kappa shape index (κ3) is 3.91. The molecule has 0 unspecified atom stereocenters. The summed E-state index contributed by atoms with van der Waals surface area (Å²) >= 11 is 0. The van der Waals surface area contributed by atoms with Gasteiger partial charge in [-0.3, -0.25) is 0 Å². The minimum absolute atomic E-state index is 0.623. The molecule has 2 rings (SSSR count). The quantitative estimate of drug-likeness (QED) is 0.875. The van der Waals surface area contributed by atoms with E-state index in [4.69, 9.17) is 4.98 Å². The highest BCUT2D eigenvalue weighted by Crippen LogP contribution is 2.20. The average molecular weight is 262 g/mol. The van der Waals surface area contributed by atoms with Crippen LogP contribution in [-0.2, 0) is 6.54 Å². The van der Waals surface area contributed by atoms with Gasteiger partial charge in [0.2, 0.25) is 0 Å². The maximum atomic E-state index is 4.75. The Labute approximate surface area is 116 Å². The Kier molecular flexibility index (Phi) is 5.16. The summed E-state index contributed by atoms with van der Waals surface area (Å²) in [5.74, 6) is 1.10. The molecule has 1 aliphatic rings. The molecular weight excluding hydrogens is 236 g/mol. The fourth-order valence-electron chi connectivity index (χ4n) is 2.58. The van der Waals surface area contributed by atoms with E-state index < -0.39 is 0 Å². The largest absolute Gasteiger partial charge is 0.357 e. The van der Waals surface area contributed by atoms with Crippen LogP contribution in [0.3, 0.4) is 0 Å². The molecule has 0 atom stereocenters. The Balaban J connectivity index is 1.99. The molecule has 1 fully saturated rings. The van der Waals surface area contributed by atoms with E-state index in [-0.39, 0.29) is 0 Å². The first-order chi connectivity index (χ1) is 9.20. The number of pyridine rings is 1. The van der Waals surface area contributed by atoms with Gasteiger partial charge in [-0.2, -0.15) is 0 Å². The molecule has 4 heteroatoms. The molecule has 0 aliphatic carbocycles. The lowest BCUT2D eigenvalue weighted by Crippen LogP contribution is -2.42. The zero-order chi connectivity index (χ0) is 13.7. The lowest BCUT2D eigenvalue weighted by molar-refractivity contribution is 0.252. The Bertz CT molecular complexity index is 385. The standard InChI is InChI=1S/C15H26N4/c1-4-16-12-13-6-5-7-15(17-13)19(3)14-8-10-18(2)11-9-14/h5-7,14,16H,4,8-12H2,1-3H3. The first-order valence-electron chi connectivity index (χ1n) is 7.28. The number of piperidine rings is 1. The van der Waals surface area contributed by atoms with Gasteiger partial charge >= 0.3 is 0 Å². The molecule has 1 aromatic rings. The monoisotopic (exact) mass is 262 g/mol. The number of hydrogen-bond acceptors (Lipinski definition) is 4. The van der Waals surface area contributed by atoms with E-state index in [0.717, 1.165) is 24.6 Å². The van der Waals surface area contributed by atoms with E-state index in [0.29, 0.717) is 6.04 Å². The second-order valence-electron chi connectivity index (χ2n) is 5.41. The normalized spacial score (nSPS) is 17.6. The molecule has 0 bridgehead atoms. The van der Waals surface area contributed by atoms with Gasteiger partial charge in [-0.15, -0.1) is 0 Å². The summed E-state index contributed by atoms with van der Waals surface area (Å²) in [4.78, 5) is 9.51. The predicted molar refractivity (Wildman–Crippen MR) is 80.5 cm³/mol. The van der Waals surface area contributed by atoms with Crippen molar-refractivity contribution in [2.24, 2.45) is 0 Å². The van der Waals surface area contributed by atoms with E-state index in [9.17, 15) is 0 Å². The highest BCUT2D eigenvalue weighted by Gasteiger charge is 2.21. The topological polar surface area (TPSA) is 31.4 Å². The van der Waals surface area contributed by atoms with Crippen LogP contribution >= 0.6 is 0 Å². The van der Waals surface area contributed by atoms with Crippen molar-refractivity contribution in [2.75, 3.05) is 38.6 Å². The third-order valence-corrected chi connectivity index (χ3v) is 3.95. The van der Waals surface area contributed by atoms with Gasteiger partial charge in [-0.1, -0.05) is 13.0 Å². The number of nitrogens with zero attached hydrogens (tertiary/aromatic N) is 3. The molecule has 0 aromatic carbocycles. The van der Waals surface area contributed by atoms with Crippen LogP contribution in [0.5, 0.6) is 0 Å². The third-order valence-electron chi connectivity index (χ3n) is 3.95. The molecule has 0 radical (unpaired) electrons. The van der Waals surface area contributed by atoms with Gasteiger partial charge in [0.05, 0.1) is 5.69 Å². The van der Waals surface area contributed by atoms with Gasteiger partial charge in [0.15, 0.2) is 0 Å². The Hall–Kier alpha value is -1.13. The van der Waals surface area contributed by atoms with Crippen LogP contribution in [0, 0.1) is 0 Å². The summed E-state index contributed by atoms with van der Waals surface area (Å²) in [6.07, 6.45) is 2.46. The van der Waals surface area contributed by atoms with Gasteiger partial charge in [0.1, 0.15) is 5.82 Å². The van der Waals surface area contributed by atoms with E-state index >= 15 is 0 Å². The van der Waals surface area contributed by atoms with Gasteiger partial charge in [-0.25, -0.2) is 4.98 Å². The Morgan fingerprint density at radius 2 is 2.11 bits per heavy atom. The van der Waals surface area contributed by atoms with Crippen LogP contribution < -0.4 is 10.2 Å². The van der Waals surface area contributed by atoms with E-state index in [2.05, 4.69) is 54.3 Å². The van der Waals surface area contributed by atoms with Crippen molar-refractivity contribution in [2.45, 2.75) is 32.4 Å².